The van der Waals surface area contributed by atoms with E-state index in [9.17, 15) is 14.5 Å². The van der Waals surface area contributed by atoms with Gasteiger partial charge in [-0.3, -0.25) is 9.65 Å². The molecule has 0 bridgehead atoms. The van der Waals surface area contributed by atoms with E-state index in [2.05, 4.69) is 10.1 Å². The second-order valence-corrected chi connectivity index (χ2v) is 9.75. The molecule has 2 aromatic carbocycles. The number of hydrogen-bond donors (Lipinski definition) is 2. The van der Waals surface area contributed by atoms with E-state index in [1.165, 1.54) is 7.11 Å². The Labute approximate surface area is 171 Å². The van der Waals surface area contributed by atoms with Gasteiger partial charge in [-0.1, -0.05) is 41.4 Å². The van der Waals surface area contributed by atoms with Crippen LogP contribution in [-0.4, -0.2) is 23.2 Å². The van der Waals surface area contributed by atoms with Gasteiger partial charge in [0.25, 0.3) is 0 Å². The predicted molar refractivity (Wildman–Crippen MR) is 113 cm³/mol. The molecule has 1 aromatic heterocycles. The number of aromatic nitrogens is 1. The Kier molecular flexibility index (Phi) is 5.91. The molecule has 1 heterocycles. The van der Waals surface area contributed by atoms with E-state index < -0.39 is 13.5 Å². The maximum atomic E-state index is 13.5. The van der Waals surface area contributed by atoms with Crippen molar-refractivity contribution in [1.82, 2.24) is 4.98 Å². The van der Waals surface area contributed by atoms with Crippen LogP contribution in [0.25, 0.3) is 10.6 Å². The zero-order chi connectivity index (χ0) is 20.5. The van der Waals surface area contributed by atoms with Gasteiger partial charge in [-0.2, -0.15) is 0 Å². The van der Waals surface area contributed by atoms with Gasteiger partial charge >= 0.3 is 13.5 Å². The van der Waals surface area contributed by atoms with Gasteiger partial charge in [0.2, 0.25) is 0 Å². The van der Waals surface area contributed by atoms with Crippen molar-refractivity contribution in [1.29, 1.82) is 0 Å². The molecule has 0 aliphatic rings. The Bertz CT molecular complexity index is 1080. The first-order valence-corrected chi connectivity index (χ1v) is 11.1. The van der Waals surface area contributed by atoms with Gasteiger partial charge in [0.15, 0.2) is 10.7 Å². The van der Waals surface area contributed by atoms with Crippen LogP contribution >= 0.6 is 30.5 Å². The lowest BCUT2D eigenvalue weighted by Gasteiger charge is -2.20. The minimum Gasteiger partial charge on any atom is -0.477 e. The van der Waals surface area contributed by atoms with E-state index in [4.69, 9.17) is 16.1 Å². The summed E-state index contributed by atoms with van der Waals surface area (Å²) >= 11 is 6.90. The van der Waals surface area contributed by atoms with E-state index in [1.54, 1.807) is 30.3 Å². The van der Waals surface area contributed by atoms with Crippen molar-refractivity contribution in [3.63, 3.8) is 0 Å². The van der Waals surface area contributed by atoms with Gasteiger partial charge in [-0.15, -0.1) is 11.3 Å². The second-order valence-electron chi connectivity index (χ2n) is 6.14. The van der Waals surface area contributed by atoms with Crippen LogP contribution in [0.15, 0.2) is 42.5 Å². The van der Waals surface area contributed by atoms with Crippen LogP contribution in [0.2, 0.25) is 5.02 Å². The Morgan fingerprint density at radius 1 is 1.21 bits per heavy atom. The number of aromatic carboxylic acids is 1. The van der Waals surface area contributed by atoms with Crippen LogP contribution in [0, 0.1) is 13.8 Å². The molecule has 0 spiro atoms. The summed E-state index contributed by atoms with van der Waals surface area (Å²) in [5.74, 6) is -1.16. The number of carboxylic acid groups (broad SMARTS) is 1. The second kappa shape index (κ2) is 8.05. The molecule has 9 heteroatoms. The number of anilines is 1. The van der Waals surface area contributed by atoms with Crippen LogP contribution in [-0.2, 0) is 9.09 Å². The molecule has 6 nitrogen and oxygen atoms in total. The summed E-state index contributed by atoms with van der Waals surface area (Å²) in [5.41, 5.74) is 2.51. The van der Waals surface area contributed by atoms with Crippen molar-refractivity contribution in [3.8, 4) is 10.6 Å². The maximum Gasteiger partial charge on any atom is 0.349 e. The van der Waals surface area contributed by atoms with E-state index >= 15 is 0 Å². The monoisotopic (exact) mass is 436 g/mol. The average Bonchev–Trinajstić information content (AvgIpc) is 3.06. The molecule has 0 saturated heterocycles. The Morgan fingerprint density at radius 3 is 2.46 bits per heavy atom. The molecule has 146 valence electrons. The number of nitrogens with one attached hydrogen (secondary N) is 1. The van der Waals surface area contributed by atoms with Crippen LogP contribution < -0.4 is 10.4 Å². The normalized spacial score (nSPS) is 13.1. The predicted octanol–water partition coefficient (Wildman–Crippen LogP) is 5.36. The summed E-state index contributed by atoms with van der Waals surface area (Å²) in [5, 5.41) is 13.8. The number of thiazole rings is 1. The number of carboxylic acids is 1. The highest BCUT2D eigenvalue weighted by Gasteiger charge is 2.30. The lowest BCUT2D eigenvalue weighted by atomic mass is 10.2. The van der Waals surface area contributed by atoms with E-state index in [0.29, 0.717) is 20.9 Å². The van der Waals surface area contributed by atoms with E-state index in [0.717, 1.165) is 22.5 Å². The maximum absolute atomic E-state index is 13.5. The van der Waals surface area contributed by atoms with Crippen molar-refractivity contribution in [2.45, 2.75) is 13.8 Å². The molecule has 0 saturated carbocycles. The third-order valence-corrected chi connectivity index (χ3v) is 7.59. The summed E-state index contributed by atoms with van der Waals surface area (Å²) < 4.78 is 18.8. The highest BCUT2D eigenvalue weighted by molar-refractivity contribution is 7.68. The lowest BCUT2D eigenvalue weighted by Crippen LogP contribution is -2.17. The molecule has 1 atom stereocenters. The zero-order valence-corrected chi connectivity index (χ0v) is 17.9. The first-order chi connectivity index (χ1) is 13.2. The van der Waals surface area contributed by atoms with Crippen molar-refractivity contribution < 1.29 is 19.0 Å². The molecule has 0 radical (unpaired) electrons. The quantitative estimate of drug-likeness (QED) is 0.506. The molecule has 2 N–H and O–H groups in total. The number of rotatable bonds is 6. The summed E-state index contributed by atoms with van der Waals surface area (Å²) in [6.07, 6.45) is 0. The zero-order valence-electron chi connectivity index (χ0n) is 15.4. The average molecular weight is 437 g/mol. The fourth-order valence-electron chi connectivity index (χ4n) is 2.74. The van der Waals surface area contributed by atoms with E-state index in [1.807, 2.05) is 26.0 Å². The van der Waals surface area contributed by atoms with Crippen molar-refractivity contribution in [3.05, 3.63) is 63.5 Å². The molecule has 3 aromatic rings. The third-order valence-electron chi connectivity index (χ3n) is 4.09. The van der Waals surface area contributed by atoms with Gasteiger partial charge in [0, 0.05) is 17.7 Å². The first-order valence-electron chi connectivity index (χ1n) is 8.25. The van der Waals surface area contributed by atoms with Gasteiger partial charge < -0.3 is 9.63 Å². The summed E-state index contributed by atoms with van der Waals surface area (Å²) in [6, 6.07) is 12.3. The number of nitrogens with zero attached hydrogens (tertiary/aromatic N) is 1. The first kappa shape index (κ1) is 20.6. The number of halogens is 1. The largest absolute Gasteiger partial charge is 0.477 e. The highest BCUT2D eigenvalue weighted by Crippen LogP contribution is 2.47. The van der Waals surface area contributed by atoms with Crippen LogP contribution in [0.4, 0.5) is 5.82 Å². The molecule has 0 aliphatic heterocycles. The number of hydrogen-bond acceptors (Lipinski definition) is 5. The van der Waals surface area contributed by atoms with E-state index in [-0.39, 0.29) is 10.7 Å². The molecule has 0 amide bonds. The minimum absolute atomic E-state index is 0.00704. The van der Waals surface area contributed by atoms with Crippen LogP contribution in [0.3, 0.4) is 0 Å². The summed E-state index contributed by atoms with van der Waals surface area (Å²) in [4.78, 5) is 16.0. The number of aryl methyl sites for hydroxylation is 2. The molecule has 0 aliphatic carbocycles. The van der Waals surface area contributed by atoms with Crippen molar-refractivity contribution in [2.75, 3.05) is 12.2 Å². The topological polar surface area (TPSA) is 88.5 Å². The van der Waals surface area contributed by atoms with Crippen molar-refractivity contribution in [2.24, 2.45) is 0 Å². The van der Waals surface area contributed by atoms with Crippen LogP contribution in [0.5, 0.6) is 0 Å². The van der Waals surface area contributed by atoms with Crippen LogP contribution in [0.1, 0.15) is 20.8 Å². The number of carbonyl (C=O) groups is 1. The Hall–Kier alpha value is -2.18. The van der Waals surface area contributed by atoms with Gasteiger partial charge in [-0.25, -0.2) is 9.78 Å². The molecular formula is C19H18ClN2O4PS. The highest BCUT2D eigenvalue weighted by atomic mass is 35.5. The molecule has 3 rings (SSSR count). The standard InChI is InChI=1S/C19H18ClN2O4PS/c1-11-4-9-15(12(2)10-11)27(25,26-3)22-17-16(19(23)24)28-18(21-17)13-5-7-14(20)8-6-13/h4-10H,1-3H3,(H,22,25)(H,23,24). The molecule has 1 unspecified atom stereocenters. The van der Waals surface area contributed by atoms with Gasteiger partial charge in [0.1, 0.15) is 5.01 Å². The summed E-state index contributed by atoms with van der Waals surface area (Å²) in [7, 11) is -2.26. The molecule has 0 fully saturated rings. The van der Waals surface area contributed by atoms with Crippen molar-refractivity contribution >= 4 is 47.5 Å². The Balaban J connectivity index is 2.05. The number of benzene rings is 2. The summed E-state index contributed by atoms with van der Waals surface area (Å²) in [6.45, 7) is 3.76. The fraction of sp³-hybridized carbons (Fsp3) is 0.158. The SMILES string of the molecule is COP(=O)(Nc1nc(-c2ccc(Cl)cc2)sc1C(=O)O)c1ccc(C)cc1C. The molecular weight excluding hydrogens is 419 g/mol. The molecule has 28 heavy (non-hydrogen) atoms. The van der Waals surface area contributed by atoms with Gasteiger partial charge in [0.05, 0.1) is 5.30 Å². The Morgan fingerprint density at radius 2 is 1.89 bits per heavy atom. The lowest BCUT2D eigenvalue weighted by molar-refractivity contribution is 0.0703. The third kappa shape index (κ3) is 4.13. The smallest absolute Gasteiger partial charge is 0.349 e. The minimum atomic E-state index is -3.57. The van der Waals surface area contributed by atoms with Gasteiger partial charge in [-0.05, 0) is 37.6 Å². The fourth-order valence-corrected chi connectivity index (χ4v) is 5.45.